The number of aliphatic hydroxyl groups excluding tert-OH is 2. The summed E-state index contributed by atoms with van der Waals surface area (Å²) in [7, 11) is -3.61. The van der Waals surface area contributed by atoms with Gasteiger partial charge < -0.3 is 10.2 Å². The van der Waals surface area contributed by atoms with Crippen LogP contribution in [-0.2, 0) is 10.0 Å². The van der Waals surface area contributed by atoms with Crippen LogP contribution in [0.15, 0.2) is 29.2 Å². The Labute approximate surface area is 108 Å². The fourth-order valence-electron chi connectivity index (χ4n) is 0.968. The van der Waals surface area contributed by atoms with Crippen molar-refractivity contribution in [3.8, 4) is 0 Å². The van der Waals surface area contributed by atoms with Crippen LogP contribution in [0.1, 0.15) is 0 Å². The van der Waals surface area contributed by atoms with E-state index in [-0.39, 0.29) is 11.4 Å². The number of aliphatic hydroxyl groups is 2. The summed E-state index contributed by atoms with van der Waals surface area (Å²) in [6, 6.07) is 6.32. The number of benzene rings is 1. The van der Waals surface area contributed by atoms with E-state index in [1.165, 1.54) is 12.1 Å². The second-order valence-electron chi connectivity index (χ2n) is 3.14. The molecule has 0 saturated carbocycles. The average molecular weight is 357 g/mol. The molecule has 1 atom stereocenters. The van der Waals surface area contributed by atoms with Crippen LogP contribution in [0.4, 0.5) is 0 Å². The Kier molecular flexibility index (Phi) is 5.12. The minimum Gasteiger partial charge on any atom is -0.394 e. The van der Waals surface area contributed by atoms with Crippen LogP contribution in [0.2, 0.25) is 0 Å². The number of nitrogens with one attached hydrogen (secondary N) is 1. The first-order valence-electron chi connectivity index (χ1n) is 4.50. The molecule has 0 aliphatic heterocycles. The molecule has 0 aliphatic carbocycles. The minimum atomic E-state index is -3.61. The van der Waals surface area contributed by atoms with Gasteiger partial charge in [-0.05, 0) is 46.9 Å². The smallest absolute Gasteiger partial charge is 0.240 e. The summed E-state index contributed by atoms with van der Waals surface area (Å²) in [5, 5.41) is 17.6. The Balaban J connectivity index is 2.74. The van der Waals surface area contributed by atoms with Crippen molar-refractivity contribution in [2.45, 2.75) is 11.0 Å². The summed E-state index contributed by atoms with van der Waals surface area (Å²) >= 11 is 2.07. The van der Waals surface area contributed by atoms with E-state index in [9.17, 15) is 8.42 Å². The Morgan fingerprint density at radius 3 is 2.38 bits per heavy atom. The molecule has 7 heteroatoms. The lowest BCUT2D eigenvalue weighted by Crippen LogP contribution is -2.33. The average Bonchev–Trinajstić information content (AvgIpc) is 2.26. The lowest BCUT2D eigenvalue weighted by Gasteiger charge is -2.09. The number of rotatable bonds is 5. The normalized spacial score (nSPS) is 13.7. The van der Waals surface area contributed by atoms with Gasteiger partial charge in [-0.1, -0.05) is 0 Å². The van der Waals surface area contributed by atoms with Crippen LogP contribution in [-0.4, -0.2) is 37.9 Å². The molecular weight excluding hydrogens is 345 g/mol. The van der Waals surface area contributed by atoms with Crippen molar-refractivity contribution in [1.29, 1.82) is 0 Å². The second kappa shape index (κ2) is 5.92. The summed E-state index contributed by atoms with van der Waals surface area (Å²) in [5.41, 5.74) is 0. The highest BCUT2D eigenvalue weighted by atomic mass is 127. The van der Waals surface area contributed by atoms with E-state index in [0.717, 1.165) is 3.57 Å². The van der Waals surface area contributed by atoms with Gasteiger partial charge in [-0.15, -0.1) is 0 Å². The van der Waals surface area contributed by atoms with Crippen molar-refractivity contribution >= 4 is 32.6 Å². The molecule has 0 aliphatic rings. The zero-order valence-corrected chi connectivity index (χ0v) is 11.3. The molecule has 1 unspecified atom stereocenters. The van der Waals surface area contributed by atoms with Crippen molar-refractivity contribution in [1.82, 2.24) is 4.72 Å². The molecule has 1 rings (SSSR count). The van der Waals surface area contributed by atoms with E-state index < -0.39 is 22.7 Å². The molecule has 0 amide bonds. The molecule has 0 spiro atoms. The maximum absolute atomic E-state index is 11.7. The lowest BCUT2D eigenvalue weighted by molar-refractivity contribution is 0.0988. The Morgan fingerprint density at radius 2 is 1.88 bits per heavy atom. The molecule has 16 heavy (non-hydrogen) atoms. The molecule has 0 saturated heterocycles. The summed E-state index contributed by atoms with van der Waals surface area (Å²) in [5.74, 6) is 0. The first-order chi connectivity index (χ1) is 7.45. The molecular formula is C9H12INO4S. The quantitative estimate of drug-likeness (QED) is 0.644. The Bertz CT molecular complexity index is 431. The fraction of sp³-hybridized carbons (Fsp3) is 0.333. The van der Waals surface area contributed by atoms with Gasteiger partial charge in [0.25, 0.3) is 0 Å². The summed E-state index contributed by atoms with van der Waals surface area (Å²) < 4.78 is 26.5. The number of hydrogen-bond acceptors (Lipinski definition) is 4. The van der Waals surface area contributed by atoms with Gasteiger partial charge in [0.1, 0.15) is 0 Å². The van der Waals surface area contributed by atoms with Crippen LogP contribution in [0.3, 0.4) is 0 Å². The molecule has 0 heterocycles. The zero-order valence-electron chi connectivity index (χ0n) is 8.30. The van der Waals surface area contributed by atoms with E-state index in [1.54, 1.807) is 12.1 Å². The molecule has 0 aromatic heterocycles. The van der Waals surface area contributed by atoms with Crippen LogP contribution in [0.5, 0.6) is 0 Å². The largest absolute Gasteiger partial charge is 0.394 e. The summed E-state index contributed by atoms with van der Waals surface area (Å²) in [6.45, 7) is -0.681. The first-order valence-corrected chi connectivity index (χ1v) is 7.06. The molecule has 1 aromatic carbocycles. The third kappa shape index (κ3) is 3.98. The summed E-state index contributed by atoms with van der Waals surface area (Å²) in [4.78, 5) is 0.137. The molecule has 5 nitrogen and oxygen atoms in total. The van der Waals surface area contributed by atoms with Crippen molar-refractivity contribution < 1.29 is 18.6 Å². The third-order valence-electron chi connectivity index (χ3n) is 1.84. The number of halogens is 1. The van der Waals surface area contributed by atoms with Gasteiger partial charge in [0, 0.05) is 10.1 Å². The van der Waals surface area contributed by atoms with Crippen LogP contribution < -0.4 is 4.72 Å². The van der Waals surface area contributed by atoms with Crippen molar-refractivity contribution in [2.24, 2.45) is 0 Å². The highest BCUT2D eigenvalue weighted by Crippen LogP contribution is 2.11. The maximum atomic E-state index is 11.7. The standard InChI is InChI=1S/C9H12INO4S/c10-7-1-3-9(4-2-7)16(14,15)11-5-8(13)6-12/h1-4,8,11-13H,5-6H2. The number of hydrogen-bond donors (Lipinski definition) is 3. The number of sulfonamides is 1. The predicted molar refractivity (Wildman–Crippen MR) is 67.4 cm³/mol. The van der Waals surface area contributed by atoms with Gasteiger partial charge in [-0.2, -0.15) is 0 Å². The minimum absolute atomic E-state index is 0.137. The van der Waals surface area contributed by atoms with Crippen molar-refractivity contribution in [2.75, 3.05) is 13.2 Å². The highest BCUT2D eigenvalue weighted by Gasteiger charge is 2.14. The monoisotopic (exact) mass is 357 g/mol. The van der Waals surface area contributed by atoms with Gasteiger partial charge in [-0.25, -0.2) is 13.1 Å². The second-order valence-corrected chi connectivity index (χ2v) is 6.15. The van der Waals surface area contributed by atoms with Crippen molar-refractivity contribution in [3.05, 3.63) is 27.8 Å². The highest BCUT2D eigenvalue weighted by molar-refractivity contribution is 14.1. The SMILES string of the molecule is O=S(=O)(NCC(O)CO)c1ccc(I)cc1. The first kappa shape index (κ1) is 13.8. The molecule has 90 valence electrons. The van der Waals surface area contributed by atoms with Crippen LogP contribution in [0.25, 0.3) is 0 Å². The Hall–Kier alpha value is -0.220. The zero-order chi connectivity index (χ0) is 12.2. The van der Waals surface area contributed by atoms with E-state index in [0.29, 0.717) is 0 Å². The molecule has 1 aromatic rings. The van der Waals surface area contributed by atoms with E-state index in [2.05, 4.69) is 27.3 Å². The maximum Gasteiger partial charge on any atom is 0.240 e. The fourth-order valence-corrected chi connectivity index (χ4v) is 2.40. The molecule has 0 fully saturated rings. The van der Waals surface area contributed by atoms with Crippen LogP contribution in [0, 0.1) is 3.57 Å². The van der Waals surface area contributed by atoms with Gasteiger partial charge in [0.2, 0.25) is 10.0 Å². The molecule has 3 N–H and O–H groups in total. The van der Waals surface area contributed by atoms with E-state index in [1.807, 2.05) is 0 Å². The Morgan fingerprint density at radius 1 is 1.31 bits per heavy atom. The molecule has 0 radical (unpaired) electrons. The van der Waals surface area contributed by atoms with Crippen LogP contribution >= 0.6 is 22.6 Å². The van der Waals surface area contributed by atoms with E-state index in [4.69, 9.17) is 10.2 Å². The van der Waals surface area contributed by atoms with Crippen molar-refractivity contribution in [3.63, 3.8) is 0 Å². The van der Waals surface area contributed by atoms with Gasteiger partial charge in [0.05, 0.1) is 17.6 Å². The van der Waals surface area contributed by atoms with Gasteiger partial charge >= 0.3 is 0 Å². The van der Waals surface area contributed by atoms with Gasteiger partial charge in [-0.3, -0.25) is 0 Å². The third-order valence-corrected chi connectivity index (χ3v) is 4.00. The predicted octanol–water partition coefficient (Wildman–Crippen LogP) is -0.0773. The topological polar surface area (TPSA) is 86.6 Å². The summed E-state index contributed by atoms with van der Waals surface area (Å²) in [6.07, 6.45) is -1.08. The molecule has 0 bridgehead atoms. The lowest BCUT2D eigenvalue weighted by atomic mass is 10.4. The van der Waals surface area contributed by atoms with E-state index >= 15 is 0 Å². The van der Waals surface area contributed by atoms with Gasteiger partial charge in [0.15, 0.2) is 0 Å².